The van der Waals surface area contributed by atoms with E-state index in [4.69, 9.17) is 12.2 Å². The van der Waals surface area contributed by atoms with Crippen molar-refractivity contribution < 1.29 is 5.11 Å². The predicted octanol–water partition coefficient (Wildman–Crippen LogP) is 5.06. The first-order valence-electron chi connectivity index (χ1n) is 6.71. The molecule has 20 heavy (non-hydrogen) atoms. The molecule has 0 bridgehead atoms. The van der Waals surface area contributed by atoms with Crippen LogP contribution in [0.4, 0.5) is 0 Å². The van der Waals surface area contributed by atoms with Crippen LogP contribution in [0.15, 0.2) is 18.2 Å². The highest BCUT2D eigenvalue weighted by molar-refractivity contribution is 7.80. The lowest BCUT2D eigenvalue weighted by atomic mass is 10.1. The van der Waals surface area contributed by atoms with Gasteiger partial charge in [0.1, 0.15) is 9.57 Å². The van der Waals surface area contributed by atoms with Crippen LogP contribution in [0.5, 0.6) is 5.75 Å². The van der Waals surface area contributed by atoms with Gasteiger partial charge in [-0.3, -0.25) is 4.90 Å². The third-order valence-electron chi connectivity index (χ3n) is 3.48. The Labute approximate surface area is 132 Å². The fourth-order valence-corrected chi connectivity index (χ4v) is 4.99. The van der Waals surface area contributed by atoms with Crippen molar-refractivity contribution in [3.05, 3.63) is 33.1 Å². The Morgan fingerprint density at radius 1 is 1.20 bits per heavy atom. The molecule has 1 heterocycles. The van der Waals surface area contributed by atoms with Gasteiger partial charge in [0.25, 0.3) is 0 Å². The minimum absolute atomic E-state index is 0.372. The van der Waals surface area contributed by atoms with Gasteiger partial charge in [0.2, 0.25) is 0 Å². The van der Waals surface area contributed by atoms with Crippen molar-refractivity contribution >= 4 is 32.9 Å². The van der Waals surface area contributed by atoms with Crippen LogP contribution in [0.2, 0.25) is 0 Å². The molecule has 1 aromatic carbocycles. The molecular weight excluding hydrogens is 306 g/mol. The smallest absolute Gasteiger partial charge is 0.120 e. The van der Waals surface area contributed by atoms with Crippen LogP contribution in [-0.4, -0.2) is 23.1 Å². The maximum atomic E-state index is 10.1. The quantitative estimate of drug-likeness (QED) is 0.614. The highest BCUT2D eigenvalue weighted by atomic mass is 32.9. The van der Waals surface area contributed by atoms with Crippen LogP contribution in [-0.2, 0) is 6.54 Å². The van der Waals surface area contributed by atoms with Crippen molar-refractivity contribution in [2.75, 3.05) is 13.1 Å². The van der Waals surface area contributed by atoms with E-state index in [0.717, 1.165) is 34.6 Å². The van der Waals surface area contributed by atoms with E-state index in [9.17, 15) is 5.11 Å². The van der Waals surface area contributed by atoms with Crippen LogP contribution in [0.1, 0.15) is 25.0 Å². The molecule has 0 radical (unpaired) electrons. The number of phenolic OH excluding ortho intramolecular Hbond substituents is 1. The summed E-state index contributed by atoms with van der Waals surface area (Å²) in [4.78, 5) is 3.52. The second-order valence-corrected chi connectivity index (χ2v) is 7.53. The van der Waals surface area contributed by atoms with Crippen LogP contribution in [0.3, 0.4) is 0 Å². The topological polar surface area (TPSA) is 23.5 Å². The average Bonchev–Trinajstić information content (AvgIpc) is 2.78. The van der Waals surface area contributed by atoms with E-state index in [0.29, 0.717) is 5.75 Å². The zero-order chi connectivity index (χ0) is 14.7. The van der Waals surface area contributed by atoms with Crippen LogP contribution >= 0.6 is 32.9 Å². The largest absolute Gasteiger partial charge is 0.508 e. The van der Waals surface area contributed by atoms with Crippen molar-refractivity contribution in [3.63, 3.8) is 0 Å². The summed E-state index contributed by atoms with van der Waals surface area (Å²) in [6.45, 7) is 9.09. The Morgan fingerprint density at radius 2 is 1.90 bits per heavy atom. The summed E-state index contributed by atoms with van der Waals surface area (Å²) in [6.07, 6.45) is 0. The average molecular weight is 326 g/mol. The van der Waals surface area contributed by atoms with Crippen molar-refractivity contribution in [2.45, 2.75) is 27.3 Å². The highest BCUT2D eigenvalue weighted by Gasteiger charge is 2.11. The van der Waals surface area contributed by atoms with Gasteiger partial charge in [-0.25, -0.2) is 0 Å². The molecule has 2 rings (SSSR count). The summed E-state index contributed by atoms with van der Waals surface area (Å²) in [5, 5.41) is 10.1. The molecule has 108 valence electrons. The number of aromatic hydroxyl groups is 1. The maximum Gasteiger partial charge on any atom is 0.120 e. The number of rotatable bonds is 5. The van der Waals surface area contributed by atoms with Crippen LogP contribution in [0, 0.1) is 10.7 Å². The molecule has 0 saturated carbocycles. The van der Waals surface area contributed by atoms with E-state index in [1.165, 1.54) is 10.4 Å². The number of hydrogen-bond donors (Lipinski definition) is 1. The molecule has 0 aliphatic heterocycles. The monoisotopic (exact) mass is 325 g/mol. The van der Waals surface area contributed by atoms with E-state index in [1.54, 1.807) is 26.7 Å². The van der Waals surface area contributed by atoms with Gasteiger partial charge in [-0.05, 0) is 49.3 Å². The molecule has 5 heteroatoms. The summed E-state index contributed by atoms with van der Waals surface area (Å²) in [5.74, 6) is 0.372. The zero-order valence-electron chi connectivity index (χ0n) is 12.0. The molecule has 1 N–H and O–H groups in total. The normalized spacial score (nSPS) is 11.2. The fraction of sp³-hybridized carbons (Fsp3) is 0.400. The van der Waals surface area contributed by atoms with Crippen molar-refractivity contribution in [3.8, 4) is 16.2 Å². The van der Waals surface area contributed by atoms with Gasteiger partial charge in [-0.2, -0.15) is 0 Å². The van der Waals surface area contributed by atoms with Gasteiger partial charge >= 0.3 is 0 Å². The van der Waals surface area contributed by atoms with Gasteiger partial charge in [0.05, 0.1) is 4.88 Å². The van der Waals surface area contributed by atoms with E-state index in [-0.39, 0.29) is 0 Å². The number of phenols is 1. The van der Waals surface area contributed by atoms with E-state index in [1.807, 2.05) is 6.07 Å². The number of hydrogen-bond acceptors (Lipinski definition) is 5. The van der Waals surface area contributed by atoms with E-state index >= 15 is 0 Å². The molecule has 0 aliphatic carbocycles. The summed E-state index contributed by atoms with van der Waals surface area (Å²) in [7, 11) is 3.36. The molecule has 2 nitrogen and oxygen atoms in total. The van der Waals surface area contributed by atoms with Gasteiger partial charge < -0.3 is 5.11 Å². The van der Waals surface area contributed by atoms with Gasteiger partial charge in [0.15, 0.2) is 0 Å². The Hall–Kier alpha value is -0.750. The lowest BCUT2D eigenvalue weighted by Crippen LogP contribution is -2.22. The summed E-state index contributed by atoms with van der Waals surface area (Å²) >= 11 is 5.31. The lowest BCUT2D eigenvalue weighted by molar-refractivity contribution is 0.291. The Balaban J connectivity index is 2.38. The minimum Gasteiger partial charge on any atom is -0.508 e. The van der Waals surface area contributed by atoms with E-state index < -0.39 is 0 Å². The number of benzene rings is 1. The fourth-order valence-electron chi connectivity index (χ4n) is 2.10. The number of nitrogens with zero attached hydrogens (tertiary/aromatic N) is 1. The van der Waals surface area contributed by atoms with E-state index in [2.05, 4.69) is 31.7 Å². The van der Waals surface area contributed by atoms with Crippen molar-refractivity contribution in [1.29, 1.82) is 0 Å². The molecule has 0 amide bonds. The molecule has 0 spiro atoms. The second kappa shape index (κ2) is 6.80. The first-order chi connectivity index (χ1) is 9.56. The lowest BCUT2D eigenvalue weighted by Gasteiger charge is -2.19. The van der Waals surface area contributed by atoms with Crippen molar-refractivity contribution in [1.82, 2.24) is 4.90 Å². The summed E-state index contributed by atoms with van der Waals surface area (Å²) < 4.78 is 0.961. The molecule has 0 unspecified atom stereocenters. The van der Waals surface area contributed by atoms with Crippen molar-refractivity contribution in [2.24, 2.45) is 0 Å². The second-order valence-electron chi connectivity index (χ2n) is 4.71. The third-order valence-corrected chi connectivity index (χ3v) is 6.85. The summed E-state index contributed by atoms with van der Waals surface area (Å²) in [5.41, 5.74) is 3.31. The highest BCUT2D eigenvalue weighted by Crippen LogP contribution is 2.36. The van der Waals surface area contributed by atoms with Gasteiger partial charge in [0, 0.05) is 12.1 Å². The first kappa shape index (κ1) is 15.6. The van der Waals surface area contributed by atoms with Crippen LogP contribution in [0.25, 0.3) is 10.4 Å². The minimum atomic E-state index is 0.372. The molecule has 1 aromatic heterocycles. The first-order valence-corrected chi connectivity index (χ1v) is 9.27. The Bertz CT molecular complexity index is 641. The maximum absolute atomic E-state index is 10.1. The SMILES string of the molecule is CCN(CC)Cc1cc(-c2ssc(=S)c2C)ccc1O. The molecule has 0 fully saturated rings. The molecule has 0 atom stereocenters. The summed E-state index contributed by atoms with van der Waals surface area (Å²) in [6, 6.07) is 5.86. The predicted molar refractivity (Wildman–Crippen MR) is 91.5 cm³/mol. The third kappa shape index (κ3) is 3.28. The Kier molecular flexibility index (Phi) is 5.32. The van der Waals surface area contributed by atoms with Crippen LogP contribution < -0.4 is 0 Å². The molecule has 0 aliphatic rings. The molecular formula is C15H19NOS3. The standard InChI is InChI=1S/C15H19NOS3/c1-4-16(5-2)9-12-8-11(6-7-13(12)17)14-10(3)15(18)20-19-14/h6-8,17H,4-5,9H2,1-3H3. The molecule has 2 aromatic rings. The Morgan fingerprint density at radius 3 is 2.45 bits per heavy atom. The zero-order valence-corrected chi connectivity index (χ0v) is 14.4. The van der Waals surface area contributed by atoms with Gasteiger partial charge in [-0.1, -0.05) is 46.7 Å². The van der Waals surface area contributed by atoms with Gasteiger partial charge in [-0.15, -0.1) is 0 Å². The molecule has 0 saturated heterocycles.